The second kappa shape index (κ2) is 9.34. The van der Waals surface area contributed by atoms with Gasteiger partial charge in [-0.1, -0.05) is 11.8 Å². The number of nitrogens with one attached hydrogen (secondary N) is 1. The van der Waals surface area contributed by atoms with Crippen LogP contribution in [0.3, 0.4) is 0 Å². The van der Waals surface area contributed by atoms with Crippen molar-refractivity contribution in [3.8, 4) is 23.1 Å². The molecule has 0 radical (unpaired) electrons. The van der Waals surface area contributed by atoms with Crippen LogP contribution in [-0.4, -0.2) is 48.2 Å². The van der Waals surface area contributed by atoms with Crippen LogP contribution < -0.4 is 16.1 Å². The summed E-state index contributed by atoms with van der Waals surface area (Å²) in [5, 5.41) is 13.8. The number of aromatic nitrogens is 1. The monoisotopic (exact) mass is 440 g/mol. The van der Waals surface area contributed by atoms with Crippen molar-refractivity contribution in [3.05, 3.63) is 47.4 Å². The molecule has 0 spiro atoms. The molecule has 0 bridgehead atoms. The van der Waals surface area contributed by atoms with Gasteiger partial charge in [0.15, 0.2) is 5.69 Å². The molecule has 168 valence electrons. The fraction of sp³-hybridized carbons (Fsp3) is 0.348. The molecule has 9 heteroatoms. The molecular weight excluding hydrogens is 415 g/mol. The highest BCUT2D eigenvalue weighted by molar-refractivity contribution is 5.97. The fourth-order valence-electron chi connectivity index (χ4n) is 3.52. The number of amides is 2. The number of hydrogen-bond donors (Lipinski definition) is 3. The Bertz CT molecular complexity index is 1110. The Labute approximate surface area is 185 Å². The molecule has 1 aromatic heterocycles. The van der Waals surface area contributed by atoms with Crippen LogP contribution in [0.25, 0.3) is 11.3 Å². The molecule has 0 aliphatic carbocycles. The first kappa shape index (κ1) is 23.2. The van der Waals surface area contributed by atoms with Crippen molar-refractivity contribution in [1.29, 1.82) is 0 Å². The van der Waals surface area contributed by atoms with E-state index in [2.05, 4.69) is 22.1 Å². The van der Waals surface area contributed by atoms with E-state index in [9.17, 15) is 19.1 Å². The van der Waals surface area contributed by atoms with E-state index in [1.54, 1.807) is 12.1 Å². The van der Waals surface area contributed by atoms with Crippen LogP contribution in [0.2, 0.25) is 0 Å². The van der Waals surface area contributed by atoms with Gasteiger partial charge in [0.25, 0.3) is 5.91 Å². The van der Waals surface area contributed by atoms with Crippen molar-refractivity contribution in [2.45, 2.75) is 26.3 Å². The molecule has 1 aliphatic rings. The molecule has 0 saturated carbocycles. The van der Waals surface area contributed by atoms with E-state index in [0.29, 0.717) is 24.2 Å². The van der Waals surface area contributed by atoms with Gasteiger partial charge in [0, 0.05) is 17.7 Å². The standard InChI is InChI=1S/C23H25FN4O4/c1-14(2)28(32-3)19-7-6-18(27-20(19)21(25)30)16-12-15(4-5-17(16)24)8-9-23(13-29)10-11-26-22(23)31/h4-7,12,14,29H,10-11,13H2,1-3H3,(H2,25,30)(H,26,31)/t23-/m0/s1. The number of rotatable bonds is 6. The smallest absolute Gasteiger partial charge is 0.269 e. The van der Waals surface area contributed by atoms with Crippen LogP contribution in [0.4, 0.5) is 10.1 Å². The van der Waals surface area contributed by atoms with Gasteiger partial charge in [0.1, 0.15) is 11.2 Å². The lowest BCUT2D eigenvalue weighted by Gasteiger charge is -2.27. The number of nitrogens with zero attached hydrogens (tertiary/aromatic N) is 2. The summed E-state index contributed by atoms with van der Waals surface area (Å²) in [7, 11) is 1.46. The first-order chi connectivity index (χ1) is 15.2. The second-order valence-corrected chi connectivity index (χ2v) is 7.72. The van der Waals surface area contributed by atoms with E-state index >= 15 is 0 Å². The first-order valence-electron chi connectivity index (χ1n) is 10.1. The number of benzene rings is 1. The Balaban J connectivity index is 2.04. The molecular formula is C23H25FN4O4. The summed E-state index contributed by atoms with van der Waals surface area (Å²) in [4.78, 5) is 33.7. The Morgan fingerprint density at radius 3 is 2.72 bits per heavy atom. The summed E-state index contributed by atoms with van der Waals surface area (Å²) in [5.41, 5.74) is 5.40. The molecule has 2 amide bonds. The molecule has 4 N–H and O–H groups in total. The molecule has 32 heavy (non-hydrogen) atoms. The van der Waals surface area contributed by atoms with Gasteiger partial charge in [-0.3, -0.25) is 14.4 Å². The van der Waals surface area contributed by atoms with Crippen LogP contribution in [0.5, 0.6) is 0 Å². The average Bonchev–Trinajstić information content (AvgIpc) is 3.14. The zero-order chi connectivity index (χ0) is 23.5. The third-order valence-electron chi connectivity index (χ3n) is 5.24. The minimum absolute atomic E-state index is 0.0594. The lowest BCUT2D eigenvalue weighted by atomic mass is 9.88. The predicted octanol–water partition coefficient (Wildman–Crippen LogP) is 1.61. The number of pyridine rings is 1. The van der Waals surface area contributed by atoms with Gasteiger partial charge in [-0.05, 0) is 50.6 Å². The molecule has 0 unspecified atom stereocenters. The molecule has 8 nitrogen and oxygen atoms in total. The van der Waals surface area contributed by atoms with Crippen molar-refractivity contribution < 1.29 is 23.9 Å². The van der Waals surface area contributed by atoms with Gasteiger partial charge in [-0.25, -0.2) is 14.4 Å². The normalized spacial score (nSPS) is 17.6. The van der Waals surface area contributed by atoms with E-state index in [0.717, 1.165) is 0 Å². The van der Waals surface area contributed by atoms with Crippen molar-refractivity contribution >= 4 is 17.5 Å². The summed E-state index contributed by atoms with van der Waals surface area (Å²) in [6.07, 6.45) is 0.389. The summed E-state index contributed by atoms with van der Waals surface area (Å²) in [5.74, 6) is 4.01. The number of aliphatic hydroxyl groups excluding tert-OH is 1. The lowest BCUT2D eigenvalue weighted by Crippen LogP contribution is -2.33. The number of hydroxylamine groups is 1. The number of aliphatic hydroxyl groups is 1. The fourth-order valence-corrected chi connectivity index (χ4v) is 3.52. The number of hydrogen-bond acceptors (Lipinski definition) is 6. The van der Waals surface area contributed by atoms with Gasteiger partial charge < -0.3 is 16.2 Å². The minimum Gasteiger partial charge on any atom is -0.394 e. The van der Waals surface area contributed by atoms with Crippen LogP contribution in [0, 0.1) is 23.1 Å². The van der Waals surface area contributed by atoms with Crippen molar-refractivity contribution in [2.24, 2.45) is 11.1 Å². The number of anilines is 1. The summed E-state index contributed by atoms with van der Waals surface area (Å²) >= 11 is 0. The van der Waals surface area contributed by atoms with E-state index in [1.165, 1.54) is 30.4 Å². The maximum atomic E-state index is 14.6. The molecule has 1 saturated heterocycles. The summed E-state index contributed by atoms with van der Waals surface area (Å²) < 4.78 is 14.6. The summed E-state index contributed by atoms with van der Waals surface area (Å²) in [6, 6.07) is 7.23. The quantitative estimate of drug-likeness (QED) is 0.464. The average molecular weight is 440 g/mol. The highest BCUT2D eigenvalue weighted by Crippen LogP contribution is 2.29. The van der Waals surface area contributed by atoms with E-state index < -0.39 is 23.7 Å². The van der Waals surface area contributed by atoms with Crippen LogP contribution in [0.1, 0.15) is 36.3 Å². The maximum Gasteiger partial charge on any atom is 0.269 e. The number of primary amides is 1. The zero-order valence-corrected chi connectivity index (χ0v) is 18.1. The van der Waals surface area contributed by atoms with E-state index in [-0.39, 0.29) is 28.9 Å². The van der Waals surface area contributed by atoms with Gasteiger partial charge in [0.05, 0.1) is 31.1 Å². The SMILES string of the molecule is CON(c1ccc(-c2cc(C#C[C@@]3(CO)CCNC3=O)ccc2F)nc1C(N)=O)C(C)C. The topological polar surface area (TPSA) is 118 Å². The number of nitrogens with two attached hydrogens (primary N) is 1. The largest absolute Gasteiger partial charge is 0.394 e. The molecule has 1 aromatic carbocycles. The number of carbonyl (C=O) groups is 2. The Kier molecular flexibility index (Phi) is 6.77. The predicted molar refractivity (Wildman–Crippen MR) is 117 cm³/mol. The van der Waals surface area contributed by atoms with Crippen LogP contribution in [-0.2, 0) is 9.63 Å². The van der Waals surface area contributed by atoms with E-state index in [4.69, 9.17) is 10.6 Å². The van der Waals surface area contributed by atoms with Crippen LogP contribution >= 0.6 is 0 Å². The summed E-state index contributed by atoms with van der Waals surface area (Å²) in [6.45, 7) is 3.77. The van der Waals surface area contributed by atoms with Crippen molar-refractivity contribution in [2.75, 3.05) is 25.3 Å². The minimum atomic E-state index is -1.17. The molecule has 1 fully saturated rings. The van der Waals surface area contributed by atoms with Crippen LogP contribution in [0.15, 0.2) is 30.3 Å². The third-order valence-corrected chi connectivity index (χ3v) is 5.24. The number of carbonyl (C=O) groups excluding carboxylic acids is 2. The van der Waals surface area contributed by atoms with E-state index in [1.807, 2.05) is 13.8 Å². The third kappa shape index (κ3) is 4.42. The first-order valence-corrected chi connectivity index (χ1v) is 10.1. The Morgan fingerprint density at radius 2 is 2.16 bits per heavy atom. The molecule has 1 atom stereocenters. The van der Waals surface area contributed by atoms with Crippen molar-refractivity contribution in [3.63, 3.8) is 0 Å². The highest BCUT2D eigenvalue weighted by Gasteiger charge is 2.40. The Morgan fingerprint density at radius 1 is 1.41 bits per heavy atom. The van der Waals surface area contributed by atoms with Gasteiger partial charge in [0.2, 0.25) is 5.91 Å². The van der Waals surface area contributed by atoms with Crippen molar-refractivity contribution in [1.82, 2.24) is 10.3 Å². The zero-order valence-electron chi connectivity index (χ0n) is 18.1. The van der Waals surface area contributed by atoms with Gasteiger partial charge in [-0.15, -0.1) is 0 Å². The maximum absolute atomic E-state index is 14.6. The van der Waals surface area contributed by atoms with Gasteiger partial charge in [-0.2, -0.15) is 0 Å². The lowest BCUT2D eigenvalue weighted by molar-refractivity contribution is -0.126. The number of halogens is 1. The molecule has 2 heterocycles. The Hall–Kier alpha value is -3.48. The molecule has 2 aromatic rings. The molecule has 1 aliphatic heterocycles. The molecule has 3 rings (SSSR count). The highest BCUT2D eigenvalue weighted by atomic mass is 19.1. The second-order valence-electron chi connectivity index (χ2n) is 7.72. The van der Waals surface area contributed by atoms with Gasteiger partial charge >= 0.3 is 0 Å².